The lowest BCUT2D eigenvalue weighted by atomic mass is 10.1. The smallest absolute Gasteiger partial charge is 0.321 e. The van der Waals surface area contributed by atoms with Gasteiger partial charge in [-0.15, -0.1) is 11.8 Å². The summed E-state index contributed by atoms with van der Waals surface area (Å²) < 4.78 is 38.1. The van der Waals surface area contributed by atoms with Crippen molar-refractivity contribution in [1.29, 1.82) is 5.26 Å². The zero-order valence-electron chi connectivity index (χ0n) is 13.1. The second kappa shape index (κ2) is 7.90. The number of rotatable bonds is 4. The van der Waals surface area contributed by atoms with Crippen LogP contribution in [-0.2, 0) is 11.0 Å². The highest BCUT2D eigenvalue weighted by Gasteiger charge is 2.30. The van der Waals surface area contributed by atoms with E-state index < -0.39 is 17.6 Å². The van der Waals surface area contributed by atoms with Crippen LogP contribution in [0.15, 0.2) is 59.0 Å². The molecular formula is C18H13F3N2OS. The van der Waals surface area contributed by atoms with Gasteiger partial charge in [0.1, 0.15) is 11.6 Å². The van der Waals surface area contributed by atoms with Crippen LogP contribution in [0.25, 0.3) is 6.08 Å². The molecule has 0 aromatic heterocycles. The van der Waals surface area contributed by atoms with Crippen LogP contribution in [0.5, 0.6) is 0 Å². The van der Waals surface area contributed by atoms with Gasteiger partial charge >= 0.3 is 6.18 Å². The Morgan fingerprint density at radius 1 is 1.20 bits per heavy atom. The predicted octanol–water partition coefficient (Wildman–Crippen LogP) is 4.97. The molecule has 0 aliphatic carbocycles. The van der Waals surface area contributed by atoms with Crippen LogP contribution < -0.4 is 5.32 Å². The Bertz CT molecular complexity index is 837. The van der Waals surface area contributed by atoms with Gasteiger partial charge in [0.05, 0.1) is 5.56 Å². The number of carbonyl (C=O) groups excluding carboxylic acids is 1. The first-order valence-electron chi connectivity index (χ1n) is 7.08. The van der Waals surface area contributed by atoms with Gasteiger partial charge in [-0.25, -0.2) is 0 Å². The number of carbonyl (C=O) groups is 1. The fourth-order valence-corrected chi connectivity index (χ4v) is 2.40. The van der Waals surface area contributed by atoms with Gasteiger partial charge < -0.3 is 5.32 Å². The highest BCUT2D eigenvalue weighted by molar-refractivity contribution is 7.98. The topological polar surface area (TPSA) is 52.9 Å². The zero-order chi connectivity index (χ0) is 18.4. The molecule has 7 heteroatoms. The number of benzene rings is 2. The van der Waals surface area contributed by atoms with Crippen molar-refractivity contribution in [2.75, 3.05) is 11.6 Å². The molecule has 0 unspecified atom stereocenters. The number of anilines is 1. The van der Waals surface area contributed by atoms with E-state index in [1.807, 2.05) is 18.4 Å². The quantitative estimate of drug-likeness (QED) is 0.474. The molecule has 2 aromatic rings. The average molecular weight is 362 g/mol. The highest BCUT2D eigenvalue weighted by Crippen LogP contribution is 2.30. The number of alkyl halides is 3. The maximum absolute atomic E-state index is 12.7. The molecule has 0 fully saturated rings. The molecule has 25 heavy (non-hydrogen) atoms. The summed E-state index contributed by atoms with van der Waals surface area (Å²) in [6, 6.07) is 13.2. The lowest BCUT2D eigenvalue weighted by molar-refractivity contribution is -0.137. The van der Waals surface area contributed by atoms with E-state index in [4.69, 9.17) is 5.26 Å². The van der Waals surface area contributed by atoms with Crippen LogP contribution in [0, 0.1) is 11.3 Å². The summed E-state index contributed by atoms with van der Waals surface area (Å²) in [6.07, 6.45) is -1.20. The van der Waals surface area contributed by atoms with E-state index in [1.165, 1.54) is 18.2 Å². The van der Waals surface area contributed by atoms with Crippen LogP contribution in [0.4, 0.5) is 18.9 Å². The van der Waals surface area contributed by atoms with Gasteiger partial charge in [0.15, 0.2) is 0 Å². The predicted molar refractivity (Wildman–Crippen MR) is 91.9 cm³/mol. The highest BCUT2D eigenvalue weighted by atomic mass is 32.2. The third-order valence-corrected chi connectivity index (χ3v) is 3.98. The first kappa shape index (κ1) is 18.6. The Labute approximate surface area is 147 Å². The lowest BCUT2D eigenvalue weighted by Crippen LogP contribution is -2.14. The van der Waals surface area contributed by atoms with Crippen molar-refractivity contribution < 1.29 is 18.0 Å². The molecule has 1 amide bonds. The van der Waals surface area contributed by atoms with Crippen molar-refractivity contribution in [2.24, 2.45) is 0 Å². The van der Waals surface area contributed by atoms with Crippen LogP contribution in [0.2, 0.25) is 0 Å². The summed E-state index contributed by atoms with van der Waals surface area (Å²) >= 11 is 1.56. The second-order valence-corrected chi connectivity index (χ2v) is 5.86. The molecule has 128 valence electrons. The molecular weight excluding hydrogens is 349 g/mol. The summed E-state index contributed by atoms with van der Waals surface area (Å²) in [5, 5.41) is 11.5. The minimum Gasteiger partial charge on any atom is -0.321 e. The van der Waals surface area contributed by atoms with Gasteiger partial charge in [0.25, 0.3) is 5.91 Å². The fourth-order valence-electron chi connectivity index (χ4n) is 1.99. The van der Waals surface area contributed by atoms with Gasteiger partial charge in [0.2, 0.25) is 0 Å². The molecule has 0 saturated carbocycles. The number of thioether (sulfide) groups is 1. The first-order valence-corrected chi connectivity index (χ1v) is 8.30. The van der Waals surface area contributed by atoms with E-state index in [9.17, 15) is 18.0 Å². The molecule has 0 bridgehead atoms. The maximum Gasteiger partial charge on any atom is 0.416 e. The Balaban J connectivity index is 2.20. The molecule has 0 heterocycles. The van der Waals surface area contributed by atoms with E-state index in [-0.39, 0.29) is 11.3 Å². The normalized spacial score (nSPS) is 11.7. The van der Waals surface area contributed by atoms with Crippen molar-refractivity contribution in [1.82, 2.24) is 0 Å². The molecule has 2 aromatic carbocycles. The van der Waals surface area contributed by atoms with Gasteiger partial charge in [-0.3, -0.25) is 4.79 Å². The molecule has 0 spiro atoms. The van der Waals surface area contributed by atoms with E-state index in [1.54, 1.807) is 30.0 Å². The Kier molecular flexibility index (Phi) is 5.88. The van der Waals surface area contributed by atoms with E-state index in [0.717, 1.165) is 17.0 Å². The molecule has 3 nitrogen and oxygen atoms in total. The van der Waals surface area contributed by atoms with E-state index >= 15 is 0 Å². The fraction of sp³-hybridized carbons (Fsp3) is 0.111. The number of hydrogen-bond acceptors (Lipinski definition) is 3. The Morgan fingerprint density at radius 2 is 1.88 bits per heavy atom. The van der Waals surface area contributed by atoms with Crippen molar-refractivity contribution in [2.45, 2.75) is 11.1 Å². The molecule has 0 atom stereocenters. The number of nitriles is 1. The molecule has 2 rings (SSSR count). The molecule has 0 aliphatic heterocycles. The second-order valence-electron chi connectivity index (χ2n) is 4.98. The summed E-state index contributed by atoms with van der Waals surface area (Å²) in [6.45, 7) is 0. The minimum absolute atomic E-state index is 0.0290. The first-order chi connectivity index (χ1) is 11.8. The van der Waals surface area contributed by atoms with Crippen molar-refractivity contribution >= 4 is 29.4 Å². The third kappa shape index (κ3) is 5.13. The number of nitrogens with zero attached hydrogens (tertiary/aromatic N) is 1. The summed E-state index contributed by atoms with van der Waals surface area (Å²) in [5.74, 6) is -0.768. The monoisotopic (exact) mass is 362 g/mol. The van der Waals surface area contributed by atoms with Crippen LogP contribution in [0.3, 0.4) is 0 Å². The molecule has 1 N–H and O–H groups in total. The number of nitrogens with one attached hydrogen (secondary N) is 1. The lowest BCUT2D eigenvalue weighted by Gasteiger charge is -2.09. The summed E-state index contributed by atoms with van der Waals surface area (Å²) in [5.41, 5.74) is -0.456. The SMILES string of the molecule is CSc1ccc(/C=C(/C#N)C(=O)Nc2cccc(C(F)(F)F)c2)cc1. The maximum atomic E-state index is 12.7. The van der Waals surface area contributed by atoms with Gasteiger partial charge in [0, 0.05) is 10.6 Å². The van der Waals surface area contributed by atoms with Crippen LogP contribution in [0.1, 0.15) is 11.1 Å². The van der Waals surface area contributed by atoms with Crippen molar-refractivity contribution in [3.05, 3.63) is 65.2 Å². The summed E-state index contributed by atoms with van der Waals surface area (Å²) in [7, 11) is 0. The third-order valence-electron chi connectivity index (χ3n) is 3.24. The average Bonchev–Trinajstić information content (AvgIpc) is 2.59. The largest absolute Gasteiger partial charge is 0.416 e. The Morgan fingerprint density at radius 3 is 2.44 bits per heavy atom. The Hall–Kier alpha value is -2.72. The molecule has 0 radical (unpaired) electrons. The number of amides is 1. The van der Waals surface area contributed by atoms with Gasteiger partial charge in [-0.05, 0) is 48.2 Å². The standard InChI is InChI=1S/C18H13F3N2OS/c1-25-16-7-5-12(6-8-16)9-13(11-22)17(24)23-15-4-2-3-14(10-15)18(19,20)21/h2-10H,1H3,(H,23,24)/b13-9-. The van der Waals surface area contributed by atoms with Crippen LogP contribution >= 0.6 is 11.8 Å². The van der Waals surface area contributed by atoms with Gasteiger partial charge in [-0.2, -0.15) is 18.4 Å². The van der Waals surface area contributed by atoms with Gasteiger partial charge in [-0.1, -0.05) is 18.2 Å². The molecule has 0 saturated heterocycles. The number of halogens is 3. The summed E-state index contributed by atoms with van der Waals surface area (Å²) in [4.78, 5) is 13.2. The molecule has 0 aliphatic rings. The van der Waals surface area contributed by atoms with Crippen molar-refractivity contribution in [3.63, 3.8) is 0 Å². The zero-order valence-corrected chi connectivity index (χ0v) is 13.9. The van der Waals surface area contributed by atoms with Crippen LogP contribution in [-0.4, -0.2) is 12.2 Å². The number of hydrogen-bond donors (Lipinski definition) is 1. The van der Waals surface area contributed by atoms with E-state index in [0.29, 0.717) is 5.56 Å². The minimum atomic E-state index is -4.51. The van der Waals surface area contributed by atoms with Crippen molar-refractivity contribution in [3.8, 4) is 6.07 Å². The van der Waals surface area contributed by atoms with E-state index in [2.05, 4.69) is 5.32 Å².